The second-order valence-corrected chi connectivity index (χ2v) is 8.51. The van der Waals surface area contributed by atoms with Crippen molar-refractivity contribution in [3.63, 3.8) is 0 Å². The number of carbonyl (C=O) groups excluding carboxylic acids is 1. The van der Waals surface area contributed by atoms with E-state index in [0.717, 1.165) is 36.4 Å². The van der Waals surface area contributed by atoms with Crippen LogP contribution in [-0.4, -0.2) is 56.4 Å². The van der Waals surface area contributed by atoms with Crippen LogP contribution in [0.4, 0.5) is 0 Å². The molecule has 1 fully saturated rings. The molecule has 4 rings (SSSR count). The first-order valence-corrected chi connectivity index (χ1v) is 11.2. The standard InChI is InChI=1S/C22H27N5O2S/c1-25(15-19-10-7-13-29-19)21(28)17-30-22-24-23-20(16-26-11-5-6-12-26)27(22)14-18-8-3-2-4-9-18/h2-4,7-10,13H,5-6,11-12,14-17H2,1H3. The van der Waals surface area contributed by atoms with E-state index in [4.69, 9.17) is 4.42 Å². The molecule has 8 heteroatoms. The summed E-state index contributed by atoms with van der Waals surface area (Å²) in [5, 5.41) is 9.68. The largest absolute Gasteiger partial charge is 0.467 e. The lowest BCUT2D eigenvalue weighted by molar-refractivity contribution is -0.127. The average molecular weight is 426 g/mol. The molecule has 0 radical (unpaired) electrons. The maximum absolute atomic E-state index is 12.6. The van der Waals surface area contributed by atoms with Gasteiger partial charge < -0.3 is 13.9 Å². The van der Waals surface area contributed by atoms with Crippen molar-refractivity contribution in [3.8, 4) is 0 Å². The van der Waals surface area contributed by atoms with Crippen molar-refractivity contribution in [3.05, 3.63) is 65.9 Å². The first-order valence-electron chi connectivity index (χ1n) is 10.3. The van der Waals surface area contributed by atoms with E-state index in [1.807, 2.05) is 30.3 Å². The molecule has 1 saturated heterocycles. The number of aromatic nitrogens is 3. The number of amides is 1. The molecule has 1 aliphatic rings. The van der Waals surface area contributed by atoms with Crippen molar-refractivity contribution in [1.82, 2.24) is 24.6 Å². The summed E-state index contributed by atoms with van der Waals surface area (Å²) < 4.78 is 7.49. The summed E-state index contributed by atoms with van der Waals surface area (Å²) in [5.74, 6) is 2.08. The molecule has 7 nitrogen and oxygen atoms in total. The van der Waals surface area contributed by atoms with Gasteiger partial charge in [-0.2, -0.15) is 0 Å². The predicted molar refractivity (Wildman–Crippen MR) is 116 cm³/mol. The van der Waals surface area contributed by atoms with Crippen LogP contribution < -0.4 is 0 Å². The zero-order valence-electron chi connectivity index (χ0n) is 17.2. The van der Waals surface area contributed by atoms with Crippen molar-refractivity contribution in [2.24, 2.45) is 0 Å². The quantitative estimate of drug-likeness (QED) is 0.490. The Morgan fingerprint density at radius 2 is 1.90 bits per heavy atom. The van der Waals surface area contributed by atoms with Gasteiger partial charge in [-0.3, -0.25) is 9.69 Å². The molecule has 3 heterocycles. The van der Waals surface area contributed by atoms with Crippen LogP contribution in [0.15, 0.2) is 58.3 Å². The van der Waals surface area contributed by atoms with Gasteiger partial charge in [0.1, 0.15) is 11.6 Å². The number of likely N-dealkylation sites (tertiary alicyclic amines) is 1. The van der Waals surface area contributed by atoms with Gasteiger partial charge in [0.2, 0.25) is 5.91 Å². The monoisotopic (exact) mass is 425 g/mol. The van der Waals surface area contributed by atoms with E-state index in [1.54, 1.807) is 18.2 Å². The minimum Gasteiger partial charge on any atom is -0.467 e. The Kier molecular flexibility index (Phi) is 6.86. The van der Waals surface area contributed by atoms with Crippen LogP contribution in [0.2, 0.25) is 0 Å². The summed E-state index contributed by atoms with van der Waals surface area (Å²) in [5.41, 5.74) is 1.20. The van der Waals surface area contributed by atoms with Gasteiger partial charge >= 0.3 is 0 Å². The number of nitrogens with zero attached hydrogens (tertiary/aromatic N) is 5. The third-order valence-corrected chi connectivity index (χ3v) is 6.22. The van der Waals surface area contributed by atoms with Gasteiger partial charge in [0.05, 0.1) is 31.7 Å². The Labute approximate surface area is 181 Å². The van der Waals surface area contributed by atoms with Crippen molar-refractivity contribution >= 4 is 17.7 Å². The van der Waals surface area contributed by atoms with Crippen molar-refractivity contribution < 1.29 is 9.21 Å². The highest BCUT2D eigenvalue weighted by molar-refractivity contribution is 7.99. The summed E-state index contributed by atoms with van der Waals surface area (Å²) in [6.07, 6.45) is 4.10. The van der Waals surface area contributed by atoms with E-state index in [-0.39, 0.29) is 5.91 Å². The molecule has 0 aliphatic carbocycles. The van der Waals surface area contributed by atoms with Crippen molar-refractivity contribution in [2.45, 2.75) is 37.6 Å². The number of carbonyl (C=O) groups is 1. The summed E-state index contributed by atoms with van der Waals surface area (Å²) in [6.45, 7) is 4.18. The van der Waals surface area contributed by atoms with Gasteiger partial charge in [0.15, 0.2) is 5.16 Å². The van der Waals surface area contributed by atoms with E-state index in [9.17, 15) is 4.79 Å². The van der Waals surface area contributed by atoms with E-state index in [2.05, 4.69) is 31.8 Å². The Bertz CT molecular complexity index is 936. The molecule has 0 atom stereocenters. The minimum absolute atomic E-state index is 0.0340. The van der Waals surface area contributed by atoms with Gasteiger partial charge in [0.25, 0.3) is 0 Å². The Hall–Kier alpha value is -2.58. The van der Waals surface area contributed by atoms with Crippen LogP contribution in [0.25, 0.3) is 0 Å². The third-order valence-electron chi connectivity index (χ3n) is 5.26. The number of rotatable bonds is 9. The second-order valence-electron chi connectivity index (χ2n) is 7.57. The maximum Gasteiger partial charge on any atom is 0.233 e. The third kappa shape index (κ3) is 5.31. The van der Waals surface area contributed by atoms with Crippen LogP contribution >= 0.6 is 11.8 Å². The summed E-state index contributed by atoms with van der Waals surface area (Å²) >= 11 is 1.44. The first-order chi connectivity index (χ1) is 14.7. The van der Waals surface area contributed by atoms with Crippen molar-refractivity contribution in [1.29, 1.82) is 0 Å². The smallest absolute Gasteiger partial charge is 0.233 e. The number of hydrogen-bond donors (Lipinski definition) is 0. The lowest BCUT2D eigenvalue weighted by Crippen LogP contribution is -2.27. The van der Waals surface area contributed by atoms with Gasteiger partial charge in [-0.05, 0) is 43.6 Å². The number of furan rings is 1. The molecule has 3 aromatic rings. The normalized spacial score (nSPS) is 14.3. The van der Waals surface area contributed by atoms with Crippen LogP contribution in [0, 0.1) is 0 Å². The van der Waals surface area contributed by atoms with Gasteiger partial charge in [-0.1, -0.05) is 42.1 Å². The highest BCUT2D eigenvalue weighted by Crippen LogP contribution is 2.21. The van der Waals surface area contributed by atoms with Crippen molar-refractivity contribution in [2.75, 3.05) is 25.9 Å². The van der Waals surface area contributed by atoms with Gasteiger partial charge in [0, 0.05) is 7.05 Å². The number of hydrogen-bond acceptors (Lipinski definition) is 6. The Balaban J connectivity index is 1.44. The van der Waals surface area contributed by atoms with Gasteiger partial charge in [-0.15, -0.1) is 10.2 Å². The molecule has 0 bridgehead atoms. The average Bonchev–Trinajstić information content (AvgIpc) is 3.52. The molecule has 0 N–H and O–H groups in total. The van der Waals surface area contributed by atoms with Crippen LogP contribution in [0.3, 0.4) is 0 Å². The molecule has 0 unspecified atom stereocenters. The lowest BCUT2D eigenvalue weighted by atomic mass is 10.2. The minimum atomic E-state index is 0.0340. The summed E-state index contributed by atoms with van der Waals surface area (Å²) in [4.78, 5) is 16.7. The Morgan fingerprint density at radius 3 is 2.63 bits per heavy atom. The fourth-order valence-corrected chi connectivity index (χ4v) is 4.47. The first kappa shape index (κ1) is 20.7. The Morgan fingerprint density at radius 1 is 1.10 bits per heavy atom. The molecule has 158 valence electrons. The van der Waals surface area contributed by atoms with E-state index in [1.165, 1.54) is 30.2 Å². The molecule has 2 aromatic heterocycles. The summed E-state index contributed by atoms with van der Waals surface area (Å²) in [7, 11) is 1.79. The number of benzene rings is 1. The highest BCUT2D eigenvalue weighted by Gasteiger charge is 2.20. The van der Waals surface area contributed by atoms with Crippen LogP contribution in [0.5, 0.6) is 0 Å². The maximum atomic E-state index is 12.6. The molecule has 30 heavy (non-hydrogen) atoms. The zero-order chi connectivity index (χ0) is 20.8. The van der Waals surface area contributed by atoms with Gasteiger partial charge in [-0.25, -0.2) is 0 Å². The molecule has 1 aliphatic heterocycles. The topological polar surface area (TPSA) is 67.4 Å². The highest BCUT2D eigenvalue weighted by atomic mass is 32.2. The van der Waals surface area contributed by atoms with E-state index in [0.29, 0.717) is 18.8 Å². The fourth-order valence-electron chi connectivity index (χ4n) is 3.57. The van der Waals surface area contributed by atoms with E-state index >= 15 is 0 Å². The second kappa shape index (κ2) is 9.95. The van der Waals surface area contributed by atoms with E-state index < -0.39 is 0 Å². The molecule has 1 amide bonds. The SMILES string of the molecule is CN(Cc1ccco1)C(=O)CSc1nnc(CN2CCCC2)n1Cc1ccccc1. The molecule has 1 aromatic carbocycles. The lowest BCUT2D eigenvalue weighted by Gasteiger charge is -2.17. The molecular weight excluding hydrogens is 398 g/mol. The summed E-state index contributed by atoms with van der Waals surface area (Å²) in [6, 6.07) is 14.0. The molecule has 0 spiro atoms. The van der Waals surface area contributed by atoms with Crippen LogP contribution in [-0.2, 0) is 24.4 Å². The molecular formula is C22H27N5O2S. The van der Waals surface area contributed by atoms with Crippen LogP contribution in [0.1, 0.15) is 30.0 Å². The molecule has 0 saturated carbocycles. The fraction of sp³-hybridized carbons (Fsp3) is 0.409. The zero-order valence-corrected chi connectivity index (χ0v) is 18.1. The number of thioether (sulfide) groups is 1. The predicted octanol–water partition coefficient (Wildman–Crippen LogP) is 3.27.